The van der Waals surface area contributed by atoms with E-state index in [0.29, 0.717) is 41.2 Å². The molecule has 0 aliphatic carbocycles. The van der Waals surface area contributed by atoms with Crippen LogP contribution < -0.4 is 14.9 Å². The lowest BCUT2D eigenvalue weighted by Gasteiger charge is -2.27. The Morgan fingerprint density at radius 3 is 2.51 bits per heavy atom. The Labute approximate surface area is 213 Å². The van der Waals surface area contributed by atoms with Crippen molar-refractivity contribution < 1.29 is 18.7 Å². The van der Waals surface area contributed by atoms with Crippen molar-refractivity contribution in [2.45, 2.75) is 33.2 Å². The Kier molecular flexibility index (Phi) is 7.82. The van der Waals surface area contributed by atoms with Crippen LogP contribution in [0.5, 0.6) is 11.5 Å². The highest BCUT2D eigenvalue weighted by Gasteiger charge is 2.42. The van der Waals surface area contributed by atoms with E-state index in [-0.39, 0.29) is 17.1 Å². The topological polar surface area (TPSA) is 72.2 Å². The average Bonchev–Trinajstić information content (AvgIpc) is 3.14. The zero-order valence-corrected chi connectivity index (χ0v) is 22.2. The molecule has 8 heteroatoms. The summed E-state index contributed by atoms with van der Waals surface area (Å²) in [5.41, 5.74) is 1.36. The van der Waals surface area contributed by atoms with Crippen LogP contribution in [0.25, 0.3) is 11.0 Å². The number of fused-ring (bicyclic) bond motifs is 2. The lowest BCUT2D eigenvalue weighted by molar-refractivity contribution is 0.0720. The van der Waals surface area contributed by atoms with E-state index in [4.69, 9.17) is 13.9 Å². The second kappa shape index (κ2) is 10.8. The van der Waals surface area contributed by atoms with Crippen LogP contribution in [-0.2, 0) is 0 Å². The van der Waals surface area contributed by atoms with E-state index in [1.807, 2.05) is 25.1 Å². The first-order valence-electron chi connectivity index (χ1n) is 12.0. The number of hydrogen-bond acceptors (Lipinski definition) is 6. The summed E-state index contributed by atoms with van der Waals surface area (Å²) in [6.07, 6.45) is 0.783. The van der Waals surface area contributed by atoms with Gasteiger partial charge in [0.25, 0.3) is 5.91 Å². The van der Waals surface area contributed by atoms with Crippen LogP contribution in [0.1, 0.15) is 54.9 Å². The van der Waals surface area contributed by atoms with Crippen molar-refractivity contribution in [3.63, 3.8) is 0 Å². The molecular weight excluding hydrogens is 512 g/mol. The van der Waals surface area contributed by atoms with Crippen LogP contribution >= 0.6 is 15.9 Å². The van der Waals surface area contributed by atoms with Gasteiger partial charge in [-0.1, -0.05) is 35.8 Å². The summed E-state index contributed by atoms with van der Waals surface area (Å²) in [5, 5.41) is 0.443. The third kappa shape index (κ3) is 4.82. The molecule has 7 nitrogen and oxygen atoms in total. The van der Waals surface area contributed by atoms with Crippen molar-refractivity contribution in [2.75, 3.05) is 39.9 Å². The van der Waals surface area contributed by atoms with Gasteiger partial charge in [0, 0.05) is 11.0 Å². The first-order valence-corrected chi connectivity index (χ1v) is 12.8. The molecule has 4 rings (SSSR count). The monoisotopic (exact) mass is 542 g/mol. The Balaban J connectivity index is 1.83. The van der Waals surface area contributed by atoms with Gasteiger partial charge in [0.1, 0.15) is 5.58 Å². The minimum atomic E-state index is -0.571. The molecule has 1 aliphatic rings. The number of carbonyl (C=O) groups is 1. The predicted octanol–water partition coefficient (Wildman–Crippen LogP) is 5.24. The van der Waals surface area contributed by atoms with Crippen LogP contribution in [-0.4, -0.2) is 55.6 Å². The molecule has 3 aromatic rings. The quantitative estimate of drug-likeness (QED) is 0.349. The molecule has 35 heavy (non-hydrogen) atoms. The summed E-state index contributed by atoms with van der Waals surface area (Å²) in [6.45, 7) is 9.92. The predicted molar refractivity (Wildman–Crippen MR) is 140 cm³/mol. The molecule has 0 saturated heterocycles. The number of ether oxygens (including phenoxy) is 2. The van der Waals surface area contributed by atoms with Gasteiger partial charge in [0.15, 0.2) is 16.9 Å². The van der Waals surface area contributed by atoms with E-state index >= 15 is 0 Å². The second-order valence-electron chi connectivity index (χ2n) is 8.44. The van der Waals surface area contributed by atoms with Crippen LogP contribution in [0.4, 0.5) is 0 Å². The van der Waals surface area contributed by atoms with Crippen molar-refractivity contribution in [3.8, 4) is 11.5 Å². The summed E-state index contributed by atoms with van der Waals surface area (Å²) >= 11 is 3.44. The highest BCUT2D eigenvalue weighted by Crippen LogP contribution is 2.41. The first-order chi connectivity index (χ1) is 16.9. The number of rotatable bonds is 10. The Morgan fingerprint density at radius 1 is 1.06 bits per heavy atom. The molecule has 0 saturated carbocycles. The smallest absolute Gasteiger partial charge is 0.290 e. The van der Waals surface area contributed by atoms with Crippen molar-refractivity contribution >= 4 is 32.8 Å². The maximum Gasteiger partial charge on any atom is 0.290 e. The Morgan fingerprint density at radius 2 is 1.83 bits per heavy atom. The molecule has 0 radical (unpaired) electrons. The van der Waals surface area contributed by atoms with Crippen molar-refractivity contribution in [1.29, 1.82) is 0 Å². The van der Waals surface area contributed by atoms with Crippen LogP contribution in [0.3, 0.4) is 0 Å². The highest BCUT2D eigenvalue weighted by molar-refractivity contribution is 9.10. The average molecular weight is 543 g/mol. The fourth-order valence-electron chi connectivity index (χ4n) is 4.70. The van der Waals surface area contributed by atoms with Gasteiger partial charge in [-0.15, -0.1) is 0 Å². The van der Waals surface area contributed by atoms with E-state index in [1.54, 1.807) is 30.2 Å². The molecule has 1 atom stereocenters. The zero-order chi connectivity index (χ0) is 25.1. The summed E-state index contributed by atoms with van der Waals surface area (Å²) in [6, 6.07) is 10.2. The number of hydrogen-bond donors (Lipinski definition) is 0. The van der Waals surface area contributed by atoms with E-state index in [9.17, 15) is 9.59 Å². The fraction of sp³-hybridized carbons (Fsp3) is 0.407. The van der Waals surface area contributed by atoms with Crippen molar-refractivity contribution in [3.05, 3.63) is 68.0 Å². The third-order valence-electron chi connectivity index (χ3n) is 6.50. The van der Waals surface area contributed by atoms with Gasteiger partial charge >= 0.3 is 0 Å². The van der Waals surface area contributed by atoms with Crippen LogP contribution in [0.15, 0.2) is 50.1 Å². The fourth-order valence-corrected chi connectivity index (χ4v) is 5.06. The molecule has 2 heterocycles. The molecule has 0 N–H and O–H groups in total. The molecule has 186 valence electrons. The molecular formula is C27H31BrN2O5. The number of benzene rings is 2. The van der Waals surface area contributed by atoms with E-state index in [1.165, 1.54) is 0 Å². The minimum Gasteiger partial charge on any atom is -0.493 e. The maximum absolute atomic E-state index is 13.7. The summed E-state index contributed by atoms with van der Waals surface area (Å²) in [4.78, 5) is 31.4. The summed E-state index contributed by atoms with van der Waals surface area (Å²) in [5.74, 6) is 1.02. The largest absolute Gasteiger partial charge is 0.493 e. The van der Waals surface area contributed by atoms with Gasteiger partial charge in [-0.25, -0.2) is 0 Å². The second-order valence-corrected chi connectivity index (χ2v) is 9.35. The van der Waals surface area contributed by atoms with Gasteiger partial charge in [-0.05, 0) is 68.9 Å². The standard InChI is InChI=1S/C27H31BrN2O5/c1-5-29(6-2)13-8-14-30-24(17-9-11-21(34-7-3)22(15-17)33-4)23-25(31)19-16-18(28)10-12-20(19)35-26(23)27(30)32/h9-12,15-16,24H,5-8,13-14H2,1-4H3/t24-/m0/s1. The van der Waals surface area contributed by atoms with Crippen LogP contribution in [0.2, 0.25) is 0 Å². The number of amides is 1. The van der Waals surface area contributed by atoms with Crippen molar-refractivity contribution in [1.82, 2.24) is 9.80 Å². The van der Waals surface area contributed by atoms with E-state index in [2.05, 4.69) is 34.7 Å². The number of halogens is 1. The van der Waals surface area contributed by atoms with Gasteiger partial charge in [0.2, 0.25) is 5.76 Å². The number of nitrogens with zero attached hydrogens (tertiary/aromatic N) is 2. The SMILES string of the molecule is CCOc1ccc([C@H]2c3c(oc4ccc(Br)cc4c3=O)C(=O)N2CCCN(CC)CC)cc1OC. The summed E-state index contributed by atoms with van der Waals surface area (Å²) < 4.78 is 18.1. The molecule has 0 unspecified atom stereocenters. The van der Waals surface area contributed by atoms with Gasteiger partial charge in [-0.3, -0.25) is 9.59 Å². The highest BCUT2D eigenvalue weighted by atomic mass is 79.9. The Bertz CT molecular complexity index is 1280. The lowest BCUT2D eigenvalue weighted by Crippen LogP contribution is -2.33. The third-order valence-corrected chi connectivity index (χ3v) is 6.99. The van der Waals surface area contributed by atoms with Crippen molar-refractivity contribution in [2.24, 2.45) is 0 Å². The zero-order valence-electron chi connectivity index (χ0n) is 20.6. The molecule has 1 aromatic heterocycles. The maximum atomic E-state index is 13.7. The molecule has 1 amide bonds. The molecule has 2 aromatic carbocycles. The molecule has 0 fully saturated rings. The van der Waals surface area contributed by atoms with Gasteiger partial charge < -0.3 is 23.7 Å². The van der Waals surface area contributed by atoms with Crippen LogP contribution in [0, 0.1) is 0 Å². The molecule has 0 spiro atoms. The van der Waals surface area contributed by atoms with Gasteiger partial charge in [0.05, 0.1) is 30.7 Å². The lowest BCUT2D eigenvalue weighted by atomic mass is 9.98. The molecule has 1 aliphatic heterocycles. The number of methoxy groups -OCH3 is 1. The van der Waals surface area contributed by atoms with Gasteiger partial charge in [-0.2, -0.15) is 0 Å². The minimum absolute atomic E-state index is 0.116. The summed E-state index contributed by atoms with van der Waals surface area (Å²) in [7, 11) is 1.58. The molecule has 0 bridgehead atoms. The van der Waals surface area contributed by atoms with E-state index < -0.39 is 6.04 Å². The normalized spacial score (nSPS) is 15.2. The van der Waals surface area contributed by atoms with E-state index in [0.717, 1.165) is 36.1 Å². The Hall–Kier alpha value is -2.84. The number of carbonyl (C=O) groups excluding carboxylic acids is 1. The first kappa shape index (κ1) is 25.3.